The number of carbonyl (C=O) groups is 4. The summed E-state index contributed by atoms with van der Waals surface area (Å²) in [6.45, 7) is 15.6. The normalized spacial score (nSPS) is 14.0. The molecule has 0 bridgehead atoms. The molecule has 0 fully saturated rings. The van der Waals surface area contributed by atoms with Crippen molar-refractivity contribution >= 4 is 36.0 Å². The number of nitrogen functional groups attached to an aromatic ring is 2. The van der Waals surface area contributed by atoms with Gasteiger partial charge in [-0.1, -0.05) is 0 Å². The van der Waals surface area contributed by atoms with Gasteiger partial charge in [-0.2, -0.15) is 9.36 Å². The molecule has 2 aromatic rings. The van der Waals surface area contributed by atoms with Gasteiger partial charge in [-0.3, -0.25) is 9.80 Å². The predicted molar refractivity (Wildman–Crippen MR) is 149 cm³/mol. The highest BCUT2D eigenvalue weighted by molar-refractivity contribution is 5.75. The highest BCUT2D eigenvalue weighted by Crippen LogP contribution is 2.30. The van der Waals surface area contributed by atoms with E-state index in [-0.39, 0.29) is 51.0 Å². The van der Waals surface area contributed by atoms with E-state index in [1.807, 2.05) is 0 Å². The molecular formula is C26H40N8O8. The summed E-state index contributed by atoms with van der Waals surface area (Å²) in [6, 6.07) is 0. The van der Waals surface area contributed by atoms with Crippen LogP contribution in [0.1, 0.15) is 77.9 Å². The van der Waals surface area contributed by atoms with Gasteiger partial charge >= 0.3 is 24.4 Å². The molecule has 0 aliphatic carbocycles. The van der Waals surface area contributed by atoms with Crippen LogP contribution in [0.25, 0.3) is 0 Å². The quantitative estimate of drug-likeness (QED) is 0.482. The Morgan fingerprint density at radius 2 is 0.976 bits per heavy atom. The predicted octanol–water partition coefficient (Wildman–Crippen LogP) is 3.44. The van der Waals surface area contributed by atoms with Crippen LogP contribution in [-0.4, -0.2) is 78.1 Å². The molecule has 16 nitrogen and oxygen atoms in total. The molecule has 0 aromatic carbocycles. The highest BCUT2D eigenvalue weighted by atomic mass is 16.6. The summed E-state index contributed by atoms with van der Waals surface area (Å²) in [5.41, 5.74) is 12.9. The molecular weight excluding hydrogens is 552 g/mol. The second kappa shape index (κ2) is 12.2. The number of carbonyl (C=O) groups excluding carboxylic acids is 4. The van der Waals surface area contributed by atoms with Crippen molar-refractivity contribution in [2.75, 3.05) is 24.7 Å². The van der Waals surface area contributed by atoms with Crippen LogP contribution in [0.5, 0.6) is 0 Å². The maximum Gasteiger partial charge on any atom is 0.435 e. The van der Waals surface area contributed by atoms with E-state index >= 15 is 0 Å². The first-order valence-electron chi connectivity index (χ1n) is 13.5. The van der Waals surface area contributed by atoms with E-state index in [0.29, 0.717) is 22.5 Å². The Morgan fingerprint density at radius 3 is 1.26 bits per heavy atom. The van der Waals surface area contributed by atoms with Gasteiger partial charge in [0.1, 0.15) is 11.2 Å². The fraction of sp³-hybridized carbons (Fsp3) is 0.615. The molecule has 16 heteroatoms. The standard InChI is InChI=1S/2C13H20N4O4/c2*1-5-20-12(19)17-9-7-16(6-8(9)10(14)15-17)11(18)21-13(2,3)4/h2*5-7H2,1-4H3,(H2,14,15). The number of hydrogen-bond donors (Lipinski definition) is 2. The third-order valence-corrected chi connectivity index (χ3v) is 5.81. The summed E-state index contributed by atoms with van der Waals surface area (Å²) in [6.07, 6.45) is -2.10. The maximum atomic E-state index is 12.1. The van der Waals surface area contributed by atoms with Crippen LogP contribution < -0.4 is 11.5 Å². The monoisotopic (exact) mass is 592 g/mol. The average Bonchev–Trinajstić information content (AvgIpc) is 3.60. The molecule has 0 atom stereocenters. The third-order valence-electron chi connectivity index (χ3n) is 5.81. The number of anilines is 2. The average molecular weight is 593 g/mol. The summed E-state index contributed by atoms with van der Waals surface area (Å²) in [5, 5.41) is 7.92. The van der Waals surface area contributed by atoms with Crippen molar-refractivity contribution in [3.05, 3.63) is 22.5 Å². The lowest BCUT2D eigenvalue weighted by atomic mass is 10.2. The second-order valence-electron chi connectivity index (χ2n) is 11.5. The van der Waals surface area contributed by atoms with E-state index in [1.165, 1.54) is 9.80 Å². The van der Waals surface area contributed by atoms with E-state index in [9.17, 15) is 19.2 Å². The molecule has 2 amide bonds. The molecule has 2 aromatic heterocycles. The van der Waals surface area contributed by atoms with Gasteiger partial charge in [0.05, 0.1) is 50.8 Å². The number of aromatic nitrogens is 4. The van der Waals surface area contributed by atoms with Crippen molar-refractivity contribution in [3.63, 3.8) is 0 Å². The van der Waals surface area contributed by atoms with E-state index in [2.05, 4.69) is 10.2 Å². The Kier molecular flexibility index (Phi) is 9.27. The van der Waals surface area contributed by atoms with Crippen LogP contribution in [0.2, 0.25) is 0 Å². The molecule has 4 N–H and O–H groups in total. The lowest BCUT2D eigenvalue weighted by Crippen LogP contribution is -2.34. The first-order chi connectivity index (χ1) is 19.5. The fourth-order valence-electron chi connectivity index (χ4n) is 4.12. The summed E-state index contributed by atoms with van der Waals surface area (Å²) >= 11 is 0. The number of rotatable bonds is 2. The van der Waals surface area contributed by atoms with Crippen LogP contribution in [0.3, 0.4) is 0 Å². The zero-order valence-electron chi connectivity index (χ0n) is 25.3. The van der Waals surface area contributed by atoms with Gasteiger partial charge < -0.3 is 30.4 Å². The number of nitrogens with zero attached hydrogens (tertiary/aromatic N) is 6. The summed E-state index contributed by atoms with van der Waals surface area (Å²) in [4.78, 5) is 50.7. The smallest absolute Gasteiger partial charge is 0.435 e. The molecule has 4 rings (SSSR count). The van der Waals surface area contributed by atoms with Gasteiger partial charge in [0.15, 0.2) is 11.6 Å². The molecule has 2 aliphatic heterocycles. The lowest BCUT2D eigenvalue weighted by molar-refractivity contribution is 0.0228. The van der Waals surface area contributed by atoms with E-state index in [1.54, 1.807) is 55.4 Å². The molecule has 0 saturated carbocycles. The van der Waals surface area contributed by atoms with Crippen molar-refractivity contribution in [1.82, 2.24) is 29.4 Å². The van der Waals surface area contributed by atoms with Crippen LogP contribution >= 0.6 is 0 Å². The Hall–Kier alpha value is -4.50. The fourth-order valence-corrected chi connectivity index (χ4v) is 4.12. The van der Waals surface area contributed by atoms with Gasteiger partial charge in [0.25, 0.3) is 0 Å². The van der Waals surface area contributed by atoms with Crippen LogP contribution in [0.15, 0.2) is 0 Å². The molecule has 232 valence electrons. The summed E-state index contributed by atoms with van der Waals surface area (Å²) in [5.74, 6) is 0.452. The van der Waals surface area contributed by atoms with Gasteiger partial charge in [-0.15, -0.1) is 10.2 Å². The van der Waals surface area contributed by atoms with Gasteiger partial charge in [0, 0.05) is 11.1 Å². The summed E-state index contributed by atoms with van der Waals surface area (Å²) in [7, 11) is 0. The molecule has 0 saturated heterocycles. The second-order valence-corrected chi connectivity index (χ2v) is 11.5. The molecule has 0 spiro atoms. The zero-order chi connectivity index (χ0) is 31.6. The largest absolute Gasteiger partial charge is 0.448 e. The third kappa shape index (κ3) is 7.41. The van der Waals surface area contributed by atoms with Gasteiger partial charge in [-0.05, 0) is 55.4 Å². The van der Waals surface area contributed by atoms with Crippen LogP contribution in [0, 0.1) is 0 Å². The Morgan fingerprint density at radius 1 is 0.643 bits per heavy atom. The number of ether oxygens (including phenoxy) is 4. The molecule has 0 unspecified atom stereocenters. The number of nitrogens with two attached hydrogens (primary N) is 2. The topological polar surface area (TPSA) is 199 Å². The first kappa shape index (κ1) is 32.0. The summed E-state index contributed by atoms with van der Waals surface area (Å²) < 4.78 is 22.7. The minimum Gasteiger partial charge on any atom is -0.448 e. The van der Waals surface area contributed by atoms with Crippen molar-refractivity contribution in [2.24, 2.45) is 0 Å². The van der Waals surface area contributed by atoms with Crippen molar-refractivity contribution < 1.29 is 38.1 Å². The first-order valence-corrected chi connectivity index (χ1v) is 13.5. The zero-order valence-corrected chi connectivity index (χ0v) is 25.3. The Balaban J connectivity index is 0.000000230. The minimum atomic E-state index is -0.600. The highest BCUT2D eigenvalue weighted by Gasteiger charge is 2.35. The SMILES string of the molecule is CCOC(=O)n1nc(N)c2c1CN(C(=O)OC(C)(C)C)C2.CCOC(=O)n1nc(N)c2c1CN(C(=O)OC(C)(C)C)C2. The van der Waals surface area contributed by atoms with E-state index in [0.717, 1.165) is 9.36 Å². The Labute approximate surface area is 243 Å². The van der Waals surface area contributed by atoms with Crippen LogP contribution in [-0.2, 0) is 45.1 Å². The molecule has 2 aliphatic rings. The Bertz CT molecular complexity index is 1250. The van der Waals surface area contributed by atoms with E-state index in [4.69, 9.17) is 30.4 Å². The minimum absolute atomic E-state index is 0.216. The molecule has 42 heavy (non-hydrogen) atoms. The number of fused-ring (bicyclic) bond motifs is 2. The molecule has 4 heterocycles. The van der Waals surface area contributed by atoms with Crippen molar-refractivity contribution in [1.29, 1.82) is 0 Å². The lowest BCUT2D eigenvalue weighted by Gasteiger charge is -2.24. The van der Waals surface area contributed by atoms with Crippen LogP contribution in [0.4, 0.5) is 30.8 Å². The molecule has 0 radical (unpaired) electrons. The maximum absolute atomic E-state index is 12.1. The van der Waals surface area contributed by atoms with E-state index < -0.39 is 35.6 Å². The number of hydrogen-bond acceptors (Lipinski definition) is 12. The number of amides is 2. The van der Waals surface area contributed by atoms with Crippen molar-refractivity contribution in [2.45, 2.75) is 92.8 Å². The van der Waals surface area contributed by atoms with Crippen molar-refractivity contribution in [3.8, 4) is 0 Å². The van der Waals surface area contributed by atoms with Gasteiger partial charge in [0.2, 0.25) is 0 Å². The van der Waals surface area contributed by atoms with Gasteiger partial charge in [-0.25, -0.2) is 19.2 Å².